The van der Waals surface area contributed by atoms with Gasteiger partial charge in [0.2, 0.25) is 6.23 Å². The van der Waals surface area contributed by atoms with Crippen molar-refractivity contribution >= 4 is 28.8 Å². The van der Waals surface area contributed by atoms with E-state index in [2.05, 4.69) is 15.3 Å². The first kappa shape index (κ1) is 14.8. The summed E-state index contributed by atoms with van der Waals surface area (Å²) in [5, 5.41) is 14.1. The zero-order valence-corrected chi connectivity index (χ0v) is 12.9. The minimum Gasteiger partial charge on any atom is -0.366 e. The molecule has 0 amide bonds. The highest BCUT2D eigenvalue weighted by molar-refractivity contribution is 6.32. The molecule has 0 spiro atoms. The molecule has 1 aliphatic rings. The van der Waals surface area contributed by atoms with Crippen LogP contribution in [0.4, 0.5) is 5.69 Å². The van der Waals surface area contributed by atoms with E-state index in [1.54, 1.807) is 6.07 Å². The molecule has 0 aliphatic carbocycles. The van der Waals surface area contributed by atoms with E-state index in [0.29, 0.717) is 23.1 Å². The third-order valence-corrected chi connectivity index (χ3v) is 3.61. The molecule has 0 radical (unpaired) electrons. The number of hydrogen-bond acceptors (Lipinski definition) is 3. The quantitative estimate of drug-likeness (QED) is 0.893. The van der Waals surface area contributed by atoms with E-state index < -0.39 is 6.23 Å². The number of nitrogens with one attached hydrogen (secondary N) is 1. The Kier molecular flexibility index (Phi) is 4.22. The van der Waals surface area contributed by atoms with E-state index in [1.165, 1.54) is 0 Å². The number of benzodiazepines with no additional fused rings is 1. The molecule has 1 unspecified atom stereocenters. The predicted molar refractivity (Wildman–Crippen MR) is 91.1 cm³/mol. The number of benzene rings is 2. The van der Waals surface area contributed by atoms with Crippen LogP contribution in [0.25, 0.3) is 0 Å². The summed E-state index contributed by atoms with van der Waals surface area (Å²) in [4.78, 5) is 8.74. The third kappa shape index (κ3) is 2.89. The highest BCUT2D eigenvalue weighted by Gasteiger charge is 2.22. The van der Waals surface area contributed by atoms with Crippen LogP contribution in [0.3, 0.4) is 0 Å². The number of aliphatic imine (C=N–C) groups is 2. The van der Waals surface area contributed by atoms with E-state index in [-0.39, 0.29) is 0 Å². The van der Waals surface area contributed by atoms with Crippen LogP contribution in [0.2, 0.25) is 5.02 Å². The molecule has 3 rings (SSSR count). The lowest BCUT2D eigenvalue weighted by Crippen LogP contribution is -2.25. The molecule has 1 aliphatic heterocycles. The Hall–Kier alpha value is -2.17. The zero-order chi connectivity index (χ0) is 15.5. The average molecular weight is 314 g/mol. The number of halogens is 1. The first-order valence-corrected chi connectivity index (χ1v) is 7.49. The van der Waals surface area contributed by atoms with Crippen molar-refractivity contribution in [2.45, 2.75) is 13.2 Å². The monoisotopic (exact) mass is 313 g/mol. The van der Waals surface area contributed by atoms with Crippen LogP contribution in [-0.2, 0) is 0 Å². The summed E-state index contributed by atoms with van der Waals surface area (Å²) in [7, 11) is 0. The van der Waals surface area contributed by atoms with Crippen molar-refractivity contribution in [1.29, 1.82) is 0 Å². The second-order valence-electron chi connectivity index (χ2n) is 4.89. The summed E-state index contributed by atoms with van der Waals surface area (Å²) in [5.74, 6) is 0.442. The van der Waals surface area contributed by atoms with Crippen LogP contribution in [-0.4, -0.2) is 29.4 Å². The number of anilines is 1. The predicted octanol–water partition coefficient (Wildman–Crippen LogP) is 3.34. The van der Waals surface area contributed by atoms with E-state index in [0.717, 1.165) is 16.8 Å². The van der Waals surface area contributed by atoms with E-state index in [4.69, 9.17) is 11.6 Å². The maximum Gasteiger partial charge on any atom is 0.204 e. The fourth-order valence-electron chi connectivity index (χ4n) is 2.39. The molecule has 22 heavy (non-hydrogen) atoms. The highest BCUT2D eigenvalue weighted by Crippen LogP contribution is 2.27. The van der Waals surface area contributed by atoms with Gasteiger partial charge in [0.05, 0.1) is 5.71 Å². The van der Waals surface area contributed by atoms with Crippen LogP contribution in [0.5, 0.6) is 0 Å². The third-order valence-electron chi connectivity index (χ3n) is 3.37. The lowest BCUT2D eigenvalue weighted by Gasteiger charge is -2.11. The molecule has 0 saturated carbocycles. The smallest absolute Gasteiger partial charge is 0.204 e. The number of amidine groups is 1. The van der Waals surface area contributed by atoms with E-state index >= 15 is 0 Å². The second kappa shape index (κ2) is 6.30. The van der Waals surface area contributed by atoms with Gasteiger partial charge >= 0.3 is 0 Å². The molecule has 112 valence electrons. The van der Waals surface area contributed by atoms with E-state index in [1.807, 2.05) is 49.4 Å². The van der Waals surface area contributed by atoms with Crippen LogP contribution in [0.15, 0.2) is 58.5 Å². The summed E-state index contributed by atoms with van der Waals surface area (Å²) >= 11 is 6.14. The summed E-state index contributed by atoms with van der Waals surface area (Å²) in [5.41, 5.74) is 3.29. The van der Waals surface area contributed by atoms with E-state index in [9.17, 15) is 5.11 Å². The summed E-state index contributed by atoms with van der Waals surface area (Å²) in [6, 6.07) is 15.3. The zero-order valence-electron chi connectivity index (χ0n) is 12.1. The van der Waals surface area contributed by atoms with Gasteiger partial charge in [0.15, 0.2) is 5.84 Å². The lowest BCUT2D eigenvalue weighted by molar-refractivity contribution is 0.252. The molecule has 2 aromatic carbocycles. The van der Waals surface area contributed by atoms with Crippen molar-refractivity contribution in [2.75, 3.05) is 11.9 Å². The average Bonchev–Trinajstić information content (AvgIpc) is 2.66. The van der Waals surface area contributed by atoms with Gasteiger partial charge in [-0.2, -0.15) is 0 Å². The topological polar surface area (TPSA) is 57.0 Å². The molecule has 0 bridgehead atoms. The fraction of sp³-hybridized carbons (Fsp3) is 0.176. The van der Waals surface area contributed by atoms with Crippen molar-refractivity contribution in [3.8, 4) is 0 Å². The van der Waals surface area contributed by atoms with Gasteiger partial charge in [0.1, 0.15) is 0 Å². The Labute approximate surface area is 134 Å². The second-order valence-corrected chi connectivity index (χ2v) is 5.33. The Balaban J connectivity index is 2.21. The van der Waals surface area contributed by atoms with Gasteiger partial charge < -0.3 is 10.4 Å². The molecule has 1 heterocycles. The SMILES string of the molecule is CCN=C1Nc2ccc(Cl)cc2C(c2ccccc2)=NC1O. The minimum atomic E-state index is -1.03. The van der Waals surface area contributed by atoms with Crippen molar-refractivity contribution in [3.05, 3.63) is 64.7 Å². The number of aliphatic hydroxyl groups excluding tert-OH is 1. The summed E-state index contributed by atoms with van der Waals surface area (Å²) in [6.45, 7) is 2.48. The number of fused-ring (bicyclic) bond motifs is 1. The lowest BCUT2D eigenvalue weighted by atomic mass is 10.0. The van der Waals surface area contributed by atoms with Crippen molar-refractivity contribution in [2.24, 2.45) is 9.98 Å². The minimum absolute atomic E-state index is 0.442. The summed E-state index contributed by atoms with van der Waals surface area (Å²) < 4.78 is 0. The molecule has 0 aromatic heterocycles. The maximum absolute atomic E-state index is 10.3. The van der Waals surface area contributed by atoms with Crippen LogP contribution in [0, 0.1) is 0 Å². The fourth-order valence-corrected chi connectivity index (χ4v) is 2.57. The van der Waals surface area contributed by atoms with Crippen molar-refractivity contribution < 1.29 is 5.11 Å². The van der Waals surface area contributed by atoms with Gasteiger partial charge in [-0.15, -0.1) is 0 Å². The normalized spacial score (nSPS) is 19.1. The van der Waals surface area contributed by atoms with Crippen LogP contribution in [0.1, 0.15) is 18.1 Å². The van der Waals surface area contributed by atoms with Gasteiger partial charge in [-0.25, -0.2) is 4.99 Å². The van der Waals surface area contributed by atoms with Crippen molar-refractivity contribution in [3.63, 3.8) is 0 Å². The molecule has 2 N–H and O–H groups in total. The number of nitrogens with zero attached hydrogens (tertiary/aromatic N) is 2. The first-order chi connectivity index (χ1) is 10.7. The Morgan fingerprint density at radius 2 is 2.00 bits per heavy atom. The Bertz CT molecular complexity index is 741. The van der Waals surface area contributed by atoms with Gasteiger partial charge in [-0.05, 0) is 25.1 Å². The molecule has 4 nitrogen and oxygen atoms in total. The van der Waals surface area contributed by atoms with Gasteiger partial charge in [0.25, 0.3) is 0 Å². The van der Waals surface area contributed by atoms with Gasteiger partial charge in [-0.3, -0.25) is 4.99 Å². The Morgan fingerprint density at radius 1 is 1.23 bits per heavy atom. The maximum atomic E-state index is 10.3. The molecule has 5 heteroatoms. The Morgan fingerprint density at radius 3 is 2.73 bits per heavy atom. The molecule has 1 atom stereocenters. The molecular formula is C17H16ClN3O. The standard InChI is InChI=1S/C17H16ClN3O/c1-2-19-16-17(22)21-15(11-6-4-3-5-7-11)13-10-12(18)8-9-14(13)20-16/h3-10,17,22H,2H2,1H3,(H,19,20). The van der Waals surface area contributed by atoms with Crippen LogP contribution < -0.4 is 5.32 Å². The number of aliphatic hydroxyl groups is 1. The van der Waals surface area contributed by atoms with Crippen LogP contribution >= 0.6 is 11.6 Å². The molecule has 0 saturated heterocycles. The molecule has 2 aromatic rings. The number of rotatable bonds is 2. The van der Waals surface area contributed by atoms with Crippen molar-refractivity contribution in [1.82, 2.24) is 0 Å². The highest BCUT2D eigenvalue weighted by atomic mass is 35.5. The molecular weight excluding hydrogens is 298 g/mol. The van der Waals surface area contributed by atoms with Gasteiger partial charge in [0, 0.05) is 28.4 Å². The summed E-state index contributed by atoms with van der Waals surface area (Å²) in [6.07, 6.45) is -1.03. The largest absolute Gasteiger partial charge is 0.366 e. The molecule has 0 fully saturated rings. The first-order valence-electron chi connectivity index (χ1n) is 7.11. The van der Waals surface area contributed by atoms with Gasteiger partial charge in [-0.1, -0.05) is 41.9 Å². The number of hydrogen-bond donors (Lipinski definition) is 2.